The van der Waals surface area contributed by atoms with Crippen LogP contribution in [0, 0.1) is 25.5 Å². The molecule has 1 aromatic carbocycles. The molecule has 0 saturated carbocycles. The van der Waals surface area contributed by atoms with Crippen molar-refractivity contribution >= 4 is 33.8 Å². The molecule has 0 radical (unpaired) electrons. The van der Waals surface area contributed by atoms with Crippen LogP contribution in [0.5, 0.6) is 5.75 Å². The van der Waals surface area contributed by atoms with Crippen molar-refractivity contribution in [3.05, 3.63) is 49.3 Å². The van der Waals surface area contributed by atoms with Crippen LogP contribution >= 0.6 is 23.6 Å². The number of aromatic hydroxyl groups is 1. The average Bonchev–Trinajstić information content (AvgIpc) is 2.67. The minimum Gasteiger partial charge on any atom is -0.506 e. The summed E-state index contributed by atoms with van der Waals surface area (Å²) in [6, 6.07) is 5.16. The van der Waals surface area contributed by atoms with Gasteiger partial charge in [0, 0.05) is 4.88 Å². The smallest absolute Gasteiger partial charge is 0.268 e. The number of nitrogens with zero attached hydrogens (tertiary/aromatic N) is 1. The minimum absolute atomic E-state index is 0.0422. The van der Waals surface area contributed by atoms with Crippen LogP contribution in [0.1, 0.15) is 16.0 Å². The first-order chi connectivity index (χ1) is 9.90. The van der Waals surface area contributed by atoms with E-state index in [2.05, 4.69) is 4.98 Å². The number of thiophene rings is 1. The van der Waals surface area contributed by atoms with Gasteiger partial charge in [-0.05, 0) is 56.2 Å². The first kappa shape index (κ1) is 14.0. The van der Waals surface area contributed by atoms with E-state index in [0.29, 0.717) is 11.1 Å². The number of aromatic amines is 1. The summed E-state index contributed by atoms with van der Waals surface area (Å²) >= 11 is 6.82. The number of aryl methyl sites for hydroxylation is 3. The van der Waals surface area contributed by atoms with E-state index in [1.165, 1.54) is 15.9 Å². The summed E-state index contributed by atoms with van der Waals surface area (Å²) in [7, 11) is 0. The molecule has 0 spiro atoms. The zero-order chi connectivity index (χ0) is 15.3. The molecule has 0 amide bonds. The highest BCUT2D eigenvalue weighted by Crippen LogP contribution is 2.28. The van der Waals surface area contributed by atoms with Crippen LogP contribution in [0.25, 0.3) is 15.9 Å². The Balaban J connectivity index is 2.46. The lowest BCUT2D eigenvalue weighted by molar-refractivity contribution is 0.471. The Hall–Kier alpha value is -1.92. The second-order valence-corrected chi connectivity index (χ2v) is 6.66. The van der Waals surface area contributed by atoms with Gasteiger partial charge in [0.05, 0.1) is 11.1 Å². The number of phenols is 1. The number of fused-ring (bicyclic) bond motifs is 1. The van der Waals surface area contributed by atoms with Crippen LogP contribution in [0.15, 0.2) is 23.0 Å². The highest BCUT2D eigenvalue weighted by Gasteiger charge is 2.15. The van der Waals surface area contributed by atoms with Gasteiger partial charge in [-0.1, -0.05) is 6.07 Å². The van der Waals surface area contributed by atoms with Crippen LogP contribution in [-0.4, -0.2) is 14.7 Å². The molecule has 0 aliphatic carbocycles. The molecule has 0 unspecified atom stereocenters. The number of rotatable bonds is 1. The molecule has 0 aliphatic rings. The van der Waals surface area contributed by atoms with Gasteiger partial charge in [-0.3, -0.25) is 4.79 Å². The van der Waals surface area contributed by atoms with Gasteiger partial charge in [-0.15, -0.1) is 11.3 Å². The Kier molecular flexibility index (Phi) is 3.22. The topological polar surface area (TPSA) is 58.0 Å². The van der Waals surface area contributed by atoms with Crippen LogP contribution in [0.3, 0.4) is 0 Å². The van der Waals surface area contributed by atoms with Crippen LogP contribution in [0.2, 0.25) is 0 Å². The van der Waals surface area contributed by atoms with Crippen molar-refractivity contribution in [2.24, 2.45) is 0 Å². The van der Waals surface area contributed by atoms with Crippen molar-refractivity contribution in [1.82, 2.24) is 9.55 Å². The summed E-state index contributed by atoms with van der Waals surface area (Å²) in [6.07, 6.45) is 0. The predicted octanol–water partition coefficient (Wildman–Crippen LogP) is 3.74. The Morgan fingerprint density at radius 3 is 2.67 bits per heavy atom. The van der Waals surface area contributed by atoms with E-state index >= 15 is 0 Å². The molecule has 6 heteroatoms. The highest BCUT2D eigenvalue weighted by atomic mass is 32.1. The van der Waals surface area contributed by atoms with Gasteiger partial charge in [0.15, 0.2) is 4.77 Å². The first-order valence-electron chi connectivity index (χ1n) is 6.45. The molecule has 2 N–H and O–H groups in total. The molecule has 0 atom stereocenters. The number of aromatic nitrogens is 2. The summed E-state index contributed by atoms with van der Waals surface area (Å²) in [5, 5.41) is 10.8. The highest BCUT2D eigenvalue weighted by molar-refractivity contribution is 7.71. The van der Waals surface area contributed by atoms with Crippen molar-refractivity contribution in [2.75, 3.05) is 0 Å². The van der Waals surface area contributed by atoms with Crippen molar-refractivity contribution in [3.63, 3.8) is 0 Å². The maximum absolute atomic E-state index is 12.8. The summed E-state index contributed by atoms with van der Waals surface area (Å²) in [5.74, 6) is 0.0422. The third kappa shape index (κ3) is 2.11. The van der Waals surface area contributed by atoms with E-state index < -0.39 is 0 Å². The van der Waals surface area contributed by atoms with Crippen molar-refractivity contribution in [2.45, 2.75) is 20.8 Å². The quantitative estimate of drug-likeness (QED) is 0.672. The zero-order valence-electron chi connectivity index (χ0n) is 11.9. The number of nitrogens with one attached hydrogen (secondary N) is 1. The second kappa shape index (κ2) is 4.82. The van der Waals surface area contributed by atoms with Crippen molar-refractivity contribution < 1.29 is 5.11 Å². The number of H-pyrrole nitrogens is 1. The molecule has 0 saturated heterocycles. The number of benzene rings is 1. The summed E-state index contributed by atoms with van der Waals surface area (Å²) in [6.45, 7) is 5.78. The van der Waals surface area contributed by atoms with Gasteiger partial charge in [0.1, 0.15) is 10.6 Å². The fraction of sp³-hybridized carbons (Fsp3) is 0.200. The van der Waals surface area contributed by atoms with Crippen LogP contribution in [0.4, 0.5) is 0 Å². The zero-order valence-corrected chi connectivity index (χ0v) is 13.5. The summed E-state index contributed by atoms with van der Waals surface area (Å²) in [5.41, 5.74) is 2.07. The maximum Gasteiger partial charge on any atom is 0.268 e. The Bertz CT molecular complexity index is 980. The number of hydrogen-bond donors (Lipinski definition) is 2. The molecule has 4 nitrogen and oxygen atoms in total. The van der Waals surface area contributed by atoms with E-state index in [-0.39, 0.29) is 16.1 Å². The van der Waals surface area contributed by atoms with E-state index in [9.17, 15) is 9.90 Å². The first-order valence-corrected chi connectivity index (χ1v) is 7.67. The molecule has 0 aliphatic heterocycles. The van der Waals surface area contributed by atoms with Gasteiger partial charge in [0.2, 0.25) is 0 Å². The molecule has 108 valence electrons. The Morgan fingerprint density at radius 1 is 1.29 bits per heavy atom. The molecule has 0 bridgehead atoms. The molecule has 0 fully saturated rings. The molecular formula is C15H14N2O2S2. The van der Waals surface area contributed by atoms with Crippen LogP contribution in [-0.2, 0) is 0 Å². The molecular weight excluding hydrogens is 304 g/mol. The fourth-order valence-corrected chi connectivity index (χ4v) is 3.77. The van der Waals surface area contributed by atoms with E-state index in [4.69, 9.17) is 12.2 Å². The van der Waals surface area contributed by atoms with Crippen molar-refractivity contribution in [3.8, 4) is 11.4 Å². The summed E-state index contributed by atoms with van der Waals surface area (Å²) in [4.78, 5) is 17.7. The SMILES string of the molecule is Cc1ccc(-n2c(=S)[nH]c3sc(C)c(C)c3c2=O)c(O)c1. The van der Waals surface area contributed by atoms with Gasteiger partial charge in [-0.2, -0.15) is 0 Å². The second-order valence-electron chi connectivity index (χ2n) is 5.05. The number of hydrogen-bond acceptors (Lipinski definition) is 4. The number of phenolic OH excluding ortho intramolecular Hbond substituents is 1. The molecule has 2 heterocycles. The van der Waals surface area contributed by atoms with Crippen LogP contribution < -0.4 is 5.56 Å². The maximum atomic E-state index is 12.8. The van der Waals surface area contributed by atoms with Gasteiger partial charge >= 0.3 is 0 Å². The van der Waals surface area contributed by atoms with E-state index in [1.54, 1.807) is 12.1 Å². The minimum atomic E-state index is -0.199. The lowest BCUT2D eigenvalue weighted by atomic mass is 10.2. The predicted molar refractivity (Wildman–Crippen MR) is 88.5 cm³/mol. The van der Waals surface area contributed by atoms with E-state index in [0.717, 1.165) is 20.8 Å². The molecule has 3 rings (SSSR count). The Morgan fingerprint density at radius 2 is 2.00 bits per heavy atom. The van der Waals surface area contributed by atoms with Gasteiger partial charge in [0.25, 0.3) is 5.56 Å². The average molecular weight is 318 g/mol. The lowest BCUT2D eigenvalue weighted by Gasteiger charge is -2.09. The monoisotopic (exact) mass is 318 g/mol. The fourth-order valence-electron chi connectivity index (χ4n) is 2.37. The van der Waals surface area contributed by atoms with Gasteiger partial charge < -0.3 is 10.1 Å². The molecule has 3 aromatic rings. The summed E-state index contributed by atoms with van der Waals surface area (Å²) < 4.78 is 1.64. The normalized spacial score (nSPS) is 11.2. The third-order valence-electron chi connectivity index (χ3n) is 3.60. The molecule has 2 aromatic heterocycles. The molecule has 21 heavy (non-hydrogen) atoms. The Labute approximate surface area is 130 Å². The largest absolute Gasteiger partial charge is 0.506 e. The standard InChI is InChI=1S/C15H14N2O2S2/c1-7-4-5-10(11(18)6-7)17-14(19)12-8(2)9(3)21-13(12)16-15(17)20/h4-6,18H,1-3H3,(H,16,20). The van der Waals surface area contributed by atoms with Gasteiger partial charge in [-0.25, -0.2) is 4.57 Å². The van der Waals surface area contributed by atoms with E-state index in [1.807, 2.05) is 26.8 Å². The third-order valence-corrected chi connectivity index (χ3v) is 5.00. The lowest BCUT2D eigenvalue weighted by Crippen LogP contribution is -2.20. The van der Waals surface area contributed by atoms with Crippen molar-refractivity contribution in [1.29, 1.82) is 0 Å².